The van der Waals surface area contributed by atoms with Crippen molar-refractivity contribution >= 4 is 131 Å². The Bertz CT molecular complexity index is 6580. The molecular weight excluding hydrogens is 1180 g/mol. The van der Waals surface area contributed by atoms with Crippen LogP contribution in [0, 0.1) is 0 Å². The van der Waals surface area contributed by atoms with E-state index in [1.165, 1.54) is 0 Å². The molecule has 0 aliphatic rings. The molecule has 0 atom stereocenters. The Morgan fingerprint density at radius 2 is 0.490 bits per heavy atom. The van der Waals surface area contributed by atoms with Gasteiger partial charge in [0, 0.05) is 87.1 Å². The van der Waals surface area contributed by atoms with Gasteiger partial charge in [-0.15, -0.1) is 0 Å². The minimum atomic E-state index is 0.492. The number of hydrogen-bond acceptors (Lipinski definition) is 6. The van der Waals surface area contributed by atoms with Crippen LogP contribution in [-0.4, -0.2) is 28.7 Å². The maximum absolute atomic E-state index is 6.50. The maximum atomic E-state index is 6.50. The second kappa shape index (κ2) is 20.2. The first-order chi connectivity index (χ1) is 47.6. The Balaban J connectivity index is 0.783. The number of rotatable bonds is 8. The average Bonchev–Trinajstić information content (AvgIpc) is 1.60. The van der Waals surface area contributed by atoms with Gasteiger partial charge in [0.2, 0.25) is 5.95 Å². The molecule has 446 valence electrons. The first-order valence-electron chi connectivity index (χ1n) is 32.4. The largest absolute Gasteiger partial charge is 0.456 e. The number of para-hydroxylation sites is 6. The van der Waals surface area contributed by atoms with Crippen LogP contribution in [0.4, 0.5) is 0 Å². The topological polar surface area (TPSA) is 92.9 Å². The summed E-state index contributed by atoms with van der Waals surface area (Å²) >= 11 is 0. The predicted octanol–water partition coefficient (Wildman–Crippen LogP) is 23.2. The normalized spacial score (nSPS) is 12.2. The lowest BCUT2D eigenvalue weighted by atomic mass is 9.95. The van der Waals surface area contributed by atoms with E-state index in [1.54, 1.807) is 0 Å². The molecule has 14 aromatic carbocycles. The van der Waals surface area contributed by atoms with Crippen molar-refractivity contribution in [1.82, 2.24) is 28.7 Å². The van der Waals surface area contributed by atoms with Gasteiger partial charge < -0.3 is 22.4 Å². The van der Waals surface area contributed by atoms with Crippen LogP contribution in [0.3, 0.4) is 0 Å². The molecule has 9 nitrogen and oxygen atoms in total. The summed E-state index contributed by atoms with van der Waals surface area (Å²) in [6, 6.07) is 107. The van der Waals surface area contributed by atoms with E-state index in [2.05, 4.69) is 281 Å². The third kappa shape index (κ3) is 7.59. The van der Waals surface area contributed by atoms with Gasteiger partial charge in [-0.1, -0.05) is 206 Å². The molecule has 9 heteroatoms. The highest BCUT2D eigenvalue weighted by atomic mass is 16.3. The number of hydrogen-bond donors (Lipinski definition) is 0. The summed E-state index contributed by atoms with van der Waals surface area (Å²) in [6.45, 7) is 0. The number of furan rings is 3. The quantitative estimate of drug-likeness (QED) is 0.150. The van der Waals surface area contributed by atoms with E-state index in [-0.39, 0.29) is 0 Å². The van der Waals surface area contributed by atoms with Gasteiger partial charge in [0.25, 0.3) is 0 Å². The van der Waals surface area contributed by atoms with E-state index >= 15 is 0 Å². The first-order valence-corrected chi connectivity index (χ1v) is 32.4. The molecule has 0 N–H and O–H groups in total. The molecule has 0 amide bonds. The highest BCUT2D eigenvalue weighted by molar-refractivity contribution is 6.24. The molecule has 0 spiro atoms. The molecule has 0 aliphatic heterocycles. The Labute approximate surface area is 546 Å². The predicted molar refractivity (Wildman–Crippen MR) is 392 cm³/mol. The zero-order valence-electron chi connectivity index (χ0n) is 51.3. The SMILES string of the molecule is c1cc(-c2nc(-c3cccc(-n4c5ccccc5c5c(-c6cccc7oc8ccccc8c67)cccc54)c3)nc(-n3c4ccccc4c4c(-c5cccc6oc7ccccc7c56)cccc43)n2)cc(-n2c3ccccc3c3c(-c4cccc5oc6ccccc6c45)cccc32)c1. The summed E-state index contributed by atoms with van der Waals surface area (Å²) in [5, 5.41) is 13.3. The Morgan fingerprint density at radius 1 is 0.208 bits per heavy atom. The molecule has 21 rings (SSSR count). The highest BCUT2D eigenvalue weighted by Gasteiger charge is 2.26. The fourth-order valence-electron chi connectivity index (χ4n) is 15.8. The molecule has 0 unspecified atom stereocenters. The monoisotopic (exact) mass is 1230 g/mol. The fraction of sp³-hybridized carbons (Fsp3) is 0. The van der Waals surface area contributed by atoms with Crippen LogP contribution in [0.2, 0.25) is 0 Å². The molecular formula is C87H50N6O3. The molecule has 0 aliphatic carbocycles. The van der Waals surface area contributed by atoms with Gasteiger partial charge in [0.15, 0.2) is 11.6 Å². The van der Waals surface area contributed by atoms with Crippen molar-refractivity contribution < 1.29 is 13.3 Å². The molecule has 0 fully saturated rings. The smallest absolute Gasteiger partial charge is 0.238 e. The minimum absolute atomic E-state index is 0.492. The highest BCUT2D eigenvalue weighted by Crippen LogP contribution is 2.48. The van der Waals surface area contributed by atoms with Crippen molar-refractivity contribution in [1.29, 1.82) is 0 Å². The fourth-order valence-corrected chi connectivity index (χ4v) is 15.8. The lowest BCUT2D eigenvalue weighted by Gasteiger charge is -2.14. The van der Waals surface area contributed by atoms with Crippen molar-refractivity contribution in [3.8, 4) is 73.5 Å². The van der Waals surface area contributed by atoms with E-state index in [9.17, 15) is 0 Å². The van der Waals surface area contributed by atoms with Gasteiger partial charge in [-0.2, -0.15) is 9.97 Å². The summed E-state index contributed by atoms with van der Waals surface area (Å²) in [6.07, 6.45) is 0. The van der Waals surface area contributed by atoms with E-state index in [0.29, 0.717) is 17.6 Å². The lowest BCUT2D eigenvalue weighted by Crippen LogP contribution is -2.07. The van der Waals surface area contributed by atoms with E-state index < -0.39 is 0 Å². The zero-order chi connectivity index (χ0) is 62.7. The molecule has 21 aromatic rings. The van der Waals surface area contributed by atoms with Gasteiger partial charge in [0.05, 0.1) is 33.1 Å². The lowest BCUT2D eigenvalue weighted by molar-refractivity contribution is 0.668. The summed E-state index contributed by atoms with van der Waals surface area (Å²) in [7, 11) is 0. The van der Waals surface area contributed by atoms with Crippen molar-refractivity contribution in [3.63, 3.8) is 0 Å². The third-order valence-electron chi connectivity index (χ3n) is 19.7. The second-order valence-electron chi connectivity index (χ2n) is 24.9. The van der Waals surface area contributed by atoms with Crippen LogP contribution >= 0.6 is 0 Å². The number of fused-ring (bicyclic) bond motifs is 18. The molecule has 0 saturated carbocycles. The van der Waals surface area contributed by atoms with Crippen LogP contribution in [-0.2, 0) is 0 Å². The van der Waals surface area contributed by atoms with Crippen molar-refractivity contribution in [2.24, 2.45) is 0 Å². The van der Waals surface area contributed by atoms with E-state index in [0.717, 1.165) is 187 Å². The van der Waals surface area contributed by atoms with E-state index in [4.69, 9.17) is 28.2 Å². The summed E-state index contributed by atoms with van der Waals surface area (Å²) < 4.78 is 26.4. The standard InChI is InChI=1S/C87H50N6O3/c1-7-37-67-61(25-1)79-55(58-34-18-46-76-82(58)64-28-4-10-43-73(64)94-76)31-15-40-70(79)91(67)53-23-13-21-51(49-53)85-88-86(90-87(89-85)93-69-39-9-3-27-63(69)81-57(33-17-42-72(81)93)60-36-20-48-78-84(60)66-30-6-12-45-75(66)96-78)52-22-14-24-54(50-52)92-68-38-8-2-26-62(68)80-56(32-16-41-71(80)92)59-35-19-47-77-83(59)65-29-5-11-44-74(65)95-77/h1-50H. The van der Waals surface area contributed by atoms with Gasteiger partial charge in [0.1, 0.15) is 33.5 Å². The average molecular weight is 1230 g/mol. The number of aromatic nitrogens is 6. The zero-order valence-corrected chi connectivity index (χ0v) is 51.3. The first kappa shape index (κ1) is 52.5. The van der Waals surface area contributed by atoms with Gasteiger partial charge >= 0.3 is 0 Å². The van der Waals surface area contributed by atoms with Crippen LogP contribution < -0.4 is 0 Å². The van der Waals surface area contributed by atoms with Gasteiger partial charge in [-0.25, -0.2) is 4.98 Å². The van der Waals surface area contributed by atoms with Crippen molar-refractivity contribution in [2.75, 3.05) is 0 Å². The van der Waals surface area contributed by atoms with Crippen LogP contribution in [0.1, 0.15) is 0 Å². The summed E-state index contributed by atoms with van der Waals surface area (Å²) in [5.41, 5.74) is 21.7. The number of benzene rings is 14. The molecule has 96 heavy (non-hydrogen) atoms. The maximum Gasteiger partial charge on any atom is 0.238 e. The van der Waals surface area contributed by atoms with Crippen LogP contribution in [0.25, 0.3) is 205 Å². The third-order valence-corrected chi connectivity index (χ3v) is 19.7. The number of nitrogens with zero attached hydrogens (tertiary/aromatic N) is 6. The molecule has 0 radical (unpaired) electrons. The minimum Gasteiger partial charge on any atom is -0.456 e. The van der Waals surface area contributed by atoms with Crippen molar-refractivity contribution in [3.05, 3.63) is 303 Å². The summed E-state index contributed by atoms with van der Waals surface area (Å²) in [5.74, 6) is 1.55. The molecule has 0 bridgehead atoms. The van der Waals surface area contributed by atoms with Crippen molar-refractivity contribution in [2.45, 2.75) is 0 Å². The van der Waals surface area contributed by atoms with E-state index in [1.807, 2.05) is 36.4 Å². The molecule has 7 heterocycles. The second-order valence-corrected chi connectivity index (χ2v) is 24.9. The Hall–Kier alpha value is -13.1. The van der Waals surface area contributed by atoms with Gasteiger partial charge in [-0.3, -0.25) is 4.57 Å². The Morgan fingerprint density at radius 3 is 0.875 bits per heavy atom. The van der Waals surface area contributed by atoms with Crippen LogP contribution in [0.5, 0.6) is 0 Å². The molecule has 0 saturated heterocycles. The van der Waals surface area contributed by atoms with Crippen LogP contribution in [0.15, 0.2) is 317 Å². The van der Waals surface area contributed by atoms with Gasteiger partial charge in [-0.05, 0) is 130 Å². The molecule has 7 aromatic heterocycles. The Kier molecular flexibility index (Phi) is 11.0. The summed E-state index contributed by atoms with van der Waals surface area (Å²) in [4.78, 5) is 16.8.